The number of benzene rings is 2. The van der Waals surface area contributed by atoms with Crippen molar-refractivity contribution in [2.75, 3.05) is 0 Å². The summed E-state index contributed by atoms with van der Waals surface area (Å²) in [4.78, 5) is 0. The molecule has 18 heavy (non-hydrogen) atoms. The van der Waals surface area contributed by atoms with E-state index in [0.717, 1.165) is 22.5 Å². The maximum absolute atomic E-state index is 5.64. The van der Waals surface area contributed by atoms with Crippen molar-refractivity contribution in [2.45, 2.75) is 0 Å². The van der Waals surface area contributed by atoms with E-state index >= 15 is 0 Å². The standard InChI is InChI=1S/C14H9N3O/c1-2-6-10(7-3-1)13-15-16-14-17(13)11-8-4-5-9-12(11)18-14/h1-9H. The molecule has 0 bridgehead atoms. The average Bonchev–Trinajstić information content (AvgIpc) is 2.98. The van der Waals surface area contributed by atoms with Gasteiger partial charge in [-0.15, -0.1) is 5.10 Å². The zero-order chi connectivity index (χ0) is 11.9. The Kier molecular flexibility index (Phi) is 1.80. The third-order valence-electron chi connectivity index (χ3n) is 2.97. The predicted octanol–water partition coefficient (Wildman–Crippen LogP) is 3.14. The zero-order valence-electron chi connectivity index (χ0n) is 9.45. The van der Waals surface area contributed by atoms with Crippen LogP contribution in [0.5, 0.6) is 0 Å². The molecule has 0 unspecified atom stereocenters. The van der Waals surface area contributed by atoms with Crippen LogP contribution in [0.1, 0.15) is 0 Å². The van der Waals surface area contributed by atoms with Gasteiger partial charge in [-0.1, -0.05) is 47.6 Å². The van der Waals surface area contributed by atoms with Gasteiger partial charge in [0.15, 0.2) is 11.4 Å². The predicted molar refractivity (Wildman–Crippen MR) is 68.2 cm³/mol. The van der Waals surface area contributed by atoms with Gasteiger partial charge in [-0.05, 0) is 12.1 Å². The Morgan fingerprint density at radius 2 is 1.61 bits per heavy atom. The van der Waals surface area contributed by atoms with E-state index in [-0.39, 0.29) is 0 Å². The summed E-state index contributed by atoms with van der Waals surface area (Å²) in [7, 11) is 0. The number of aromatic nitrogens is 3. The molecule has 4 aromatic rings. The lowest BCUT2D eigenvalue weighted by atomic mass is 10.2. The van der Waals surface area contributed by atoms with E-state index < -0.39 is 0 Å². The second-order valence-corrected chi connectivity index (χ2v) is 4.08. The van der Waals surface area contributed by atoms with E-state index in [4.69, 9.17) is 4.42 Å². The highest BCUT2D eigenvalue weighted by molar-refractivity contribution is 5.79. The van der Waals surface area contributed by atoms with Gasteiger partial charge in [0, 0.05) is 5.56 Å². The van der Waals surface area contributed by atoms with Gasteiger partial charge in [0.25, 0.3) is 0 Å². The molecule has 2 heterocycles. The average molecular weight is 235 g/mol. The maximum atomic E-state index is 5.64. The molecule has 4 heteroatoms. The molecular weight excluding hydrogens is 226 g/mol. The lowest BCUT2D eigenvalue weighted by Crippen LogP contribution is -1.87. The van der Waals surface area contributed by atoms with Crippen molar-refractivity contribution in [3.05, 3.63) is 54.6 Å². The number of fused-ring (bicyclic) bond motifs is 3. The molecule has 0 spiro atoms. The molecule has 0 aliphatic rings. The van der Waals surface area contributed by atoms with Crippen LogP contribution in [0.15, 0.2) is 59.0 Å². The van der Waals surface area contributed by atoms with E-state index in [2.05, 4.69) is 10.2 Å². The molecule has 0 saturated carbocycles. The molecular formula is C14H9N3O. The first-order valence-corrected chi connectivity index (χ1v) is 5.71. The second-order valence-electron chi connectivity index (χ2n) is 4.08. The minimum absolute atomic E-state index is 0.523. The molecule has 0 amide bonds. The van der Waals surface area contributed by atoms with E-state index in [0.29, 0.717) is 5.84 Å². The first kappa shape index (κ1) is 9.41. The highest BCUT2D eigenvalue weighted by atomic mass is 16.4. The van der Waals surface area contributed by atoms with Gasteiger partial charge in [0.1, 0.15) is 0 Å². The summed E-state index contributed by atoms with van der Waals surface area (Å²) in [5, 5.41) is 8.27. The second kappa shape index (κ2) is 3.43. The molecule has 86 valence electrons. The Balaban J connectivity index is 2.13. The smallest absolute Gasteiger partial charge is 0.327 e. The summed E-state index contributed by atoms with van der Waals surface area (Å²) in [6, 6.07) is 17.8. The zero-order valence-corrected chi connectivity index (χ0v) is 9.45. The topological polar surface area (TPSA) is 43.3 Å². The fraction of sp³-hybridized carbons (Fsp3) is 0. The first-order chi connectivity index (χ1) is 8.93. The van der Waals surface area contributed by atoms with Crippen LogP contribution in [0.25, 0.3) is 28.3 Å². The molecule has 4 rings (SSSR count). The van der Waals surface area contributed by atoms with E-state index in [1.54, 1.807) is 0 Å². The SMILES string of the molecule is c1ccc(-c2nnc3oc4ccccc4n23)cc1. The van der Waals surface area contributed by atoms with Gasteiger partial charge in [-0.2, -0.15) is 0 Å². The van der Waals surface area contributed by atoms with Gasteiger partial charge in [0.2, 0.25) is 0 Å². The third kappa shape index (κ3) is 1.20. The fourth-order valence-corrected chi connectivity index (χ4v) is 2.15. The fourth-order valence-electron chi connectivity index (χ4n) is 2.15. The molecule has 0 N–H and O–H groups in total. The summed E-state index contributed by atoms with van der Waals surface area (Å²) in [5.41, 5.74) is 2.83. The van der Waals surface area contributed by atoms with Crippen molar-refractivity contribution in [1.82, 2.24) is 14.6 Å². The van der Waals surface area contributed by atoms with E-state index in [1.165, 1.54) is 0 Å². The maximum Gasteiger partial charge on any atom is 0.327 e. The summed E-state index contributed by atoms with van der Waals surface area (Å²) in [6.45, 7) is 0. The number of rotatable bonds is 1. The van der Waals surface area contributed by atoms with Crippen LogP contribution < -0.4 is 0 Å². The van der Waals surface area contributed by atoms with E-state index in [9.17, 15) is 0 Å². The highest BCUT2D eigenvalue weighted by Gasteiger charge is 2.14. The Bertz CT molecular complexity index is 830. The van der Waals surface area contributed by atoms with Crippen LogP contribution >= 0.6 is 0 Å². The number of nitrogens with zero attached hydrogens (tertiary/aromatic N) is 3. The lowest BCUT2D eigenvalue weighted by molar-refractivity contribution is 0.637. The Morgan fingerprint density at radius 1 is 0.833 bits per heavy atom. The monoisotopic (exact) mass is 235 g/mol. The Labute approximate surface area is 102 Å². The molecule has 0 aliphatic carbocycles. The van der Waals surface area contributed by atoms with E-state index in [1.807, 2.05) is 59.0 Å². The van der Waals surface area contributed by atoms with Crippen molar-refractivity contribution >= 4 is 16.9 Å². The van der Waals surface area contributed by atoms with Crippen molar-refractivity contribution in [2.24, 2.45) is 0 Å². The van der Waals surface area contributed by atoms with Crippen molar-refractivity contribution in [3.63, 3.8) is 0 Å². The number of para-hydroxylation sites is 2. The largest absolute Gasteiger partial charge is 0.422 e. The van der Waals surface area contributed by atoms with Gasteiger partial charge in [0.05, 0.1) is 5.52 Å². The summed E-state index contributed by atoms with van der Waals surface area (Å²) in [6.07, 6.45) is 0. The third-order valence-corrected chi connectivity index (χ3v) is 2.97. The molecule has 2 aromatic heterocycles. The molecule has 0 atom stereocenters. The molecule has 0 radical (unpaired) electrons. The molecule has 0 fully saturated rings. The Morgan fingerprint density at radius 3 is 2.50 bits per heavy atom. The van der Waals surface area contributed by atoms with Crippen LogP contribution in [0.3, 0.4) is 0 Å². The van der Waals surface area contributed by atoms with Crippen LogP contribution in [0.2, 0.25) is 0 Å². The van der Waals surface area contributed by atoms with Crippen molar-refractivity contribution in [3.8, 4) is 11.4 Å². The van der Waals surface area contributed by atoms with Gasteiger partial charge in [-0.25, -0.2) is 4.40 Å². The van der Waals surface area contributed by atoms with Crippen LogP contribution in [0.4, 0.5) is 0 Å². The summed E-state index contributed by atoms with van der Waals surface area (Å²) < 4.78 is 7.58. The highest BCUT2D eigenvalue weighted by Crippen LogP contribution is 2.25. The normalized spacial score (nSPS) is 11.3. The quantitative estimate of drug-likeness (QED) is 0.509. The number of oxazole rings is 1. The molecule has 0 aliphatic heterocycles. The first-order valence-electron chi connectivity index (χ1n) is 5.71. The minimum Gasteiger partial charge on any atom is -0.422 e. The lowest BCUT2D eigenvalue weighted by Gasteiger charge is -1.97. The summed E-state index contributed by atoms with van der Waals surface area (Å²) in [5.74, 6) is 1.32. The van der Waals surface area contributed by atoms with Gasteiger partial charge in [-0.3, -0.25) is 0 Å². The van der Waals surface area contributed by atoms with Crippen molar-refractivity contribution < 1.29 is 4.42 Å². The van der Waals surface area contributed by atoms with Crippen molar-refractivity contribution in [1.29, 1.82) is 0 Å². The molecule has 4 nitrogen and oxygen atoms in total. The minimum atomic E-state index is 0.523. The number of hydrogen-bond donors (Lipinski definition) is 0. The molecule has 0 saturated heterocycles. The Hall–Kier alpha value is -2.62. The van der Waals surface area contributed by atoms with Gasteiger partial charge < -0.3 is 4.42 Å². The van der Waals surface area contributed by atoms with Crippen LogP contribution in [-0.2, 0) is 0 Å². The van der Waals surface area contributed by atoms with Crippen LogP contribution in [-0.4, -0.2) is 14.6 Å². The summed E-state index contributed by atoms with van der Waals surface area (Å²) >= 11 is 0. The van der Waals surface area contributed by atoms with Gasteiger partial charge >= 0.3 is 5.84 Å². The van der Waals surface area contributed by atoms with Crippen LogP contribution in [0, 0.1) is 0 Å². The molecule has 2 aromatic carbocycles. The number of hydrogen-bond acceptors (Lipinski definition) is 3.